The van der Waals surface area contributed by atoms with E-state index in [0.717, 1.165) is 5.56 Å². The van der Waals surface area contributed by atoms with Gasteiger partial charge in [-0.2, -0.15) is 0 Å². The molecule has 0 fully saturated rings. The molecule has 0 aliphatic heterocycles. The van der Waals surface area contributed by atoms with Crippen LogP contribution in [0.3, 0.4) is 0 Å². The van der Waals surface area contributed by atoms with E-state index in [1.807, 2.05) is 30.3 Å². The van der Waals surface area contributed by atoms with E-state index in [9.17, 15) is 4.39 Å². The third kappa shape index (κ3) is 2.04. The predicted molar refractivity (Wildman–Crippen MR) is 63.3 cm³/mol. The molecule has 0 saturated heterocycles. The summed E-state index contributed by atoms with van der Waals surface area (Å²) in [5.74, 6) is -0.364. The fourth-order valence-corrected chi connectivity index (χ4v) is 1.64. The van der Waals surface area contributed by atoms with Crippen molar-refractivity contribution in [1.29, 1.82) is 0 Å². The van der Waals surface area contributed by atoms with Crippen LogP contribution < -0.4 is 11.5 Å². The molecule has 0 heterocycles. The maximum Gasteiger partial charge on any atom is 0.130 e. The lowest BCUT2D eigenvalue weighted by Gasteiger charge is -2.13. The molecule has 2 aromatic rings. The highest BCUT2D eigenvalue weighted by Crippen LogP contribution is 2.23. The summed E-state index contributed by atoms with van der Waals surface area (Å²) < 4.78 is 13.6. The summed E-state index contributed by atoms with van der Waals surface area (Å²) in [7, 11) is 0. The molecule has 4 N–H and O–H groups in total. The Bertz CT molecular complexity index is 483. The molecular weight excluding hydrogens is 203 g/mol. The average molecular weight is 216 g/mol. The Balaban J connectivity index is 2.38. The van der Waals surface area contributed by atoms with E-state index in [1.165, 1.54) is 6.07 Å². The first-order valence-electron chi connectivity index (χ1n) is 5.04. The fraction of sp³-hybridized carbons (Fsp3) is 0.0769. The van der Waals surface area contributed by atoms with E-state index in [1.54, 1.807) is 12.1 Å². The Labute approximate surface area is 93.7 Å². The SMILES string of the molecule is Nc1ccc(C(N)c2ccccc2)c(F)c1. The van der Waals surface area contributed by atoms with Gasteiger partial charge in [0.25, 0.3) is 0 Å². The quantitative estimate of drug-likeness (QED) is 0.757. The van der Waals surface area contributed by atoms with Gasteiger partial charge in [0.2, 0.25) is 0 Å². The Morgan fingerprint density at radius 2 is 1.69 bits per heavy atom. The highest BCUT2D eigenvalue weighted by atomic mass is 19.1. The van der Waals surface area contributed by atoms with Gasteiger partial charge in [0.05, 0.1) is 6.04 Å². The number of anilines is 1. The number of rotatable bonds is 2. The van der Waals surface area contributed by atoms with Gasteiger partial charge in [0, 0.05) is 11.3 Å². The summed E-state index contributed by atoms with van der Waals surface area (Å²) in [6.07, 6.45) is 0. The van der Waals surface area contributed by atoms with Crippen LogP contribution in [0.4, 0.5) is 10.1 Å². The van der Waals surface area contributed by atoms with E-state index in [4.69, 9.17) is 11.5 Å². The van der Waals surface area contributed by atoms with Crippen molar-refractivity contribution in [2.75, 3.05) is 5.73 Å². The van der Waals surface area contributed by atoms with Gasteiger partial charge < -0.3 is 11.5 Å². The third-order valence-electron chi connectivity index (χ3n) is 2.52. The second kappa shape index (κ2) is 4.33. The molecule has 0 amide bonds. The lowest BCUT2D eigenvalue weighted by atomic mass is 9.99. The summed E-state index contributed by atoms with van der Waals surface area (Å²) in [5, 5.41) is 0. The highest BCUT2D eigenvalue weighted by molar-refractivity contribution is 5.43. The maximum atomic E-state index is 13.6. The molecule has 2 aromatic carbocycles. The average Bonchev–Trinajstić information content (AvgIpc) is 2.29. The lowest BCUT2D eigenvalue weighted by molar-refractivity contribution is 0.600. The number of halogens is 1. The summed E-state index contributed by atoms with van der Waals surface area (Å²) in [6.45, 7) is 0. The first-order chi connectivity index (χ1) is 7.68. The normalized spacial score (nSPS) is 12.4. The zero-order chi connectivity index (χ0) is 11.5. The molecular formula is C13H13FN2. The van der Waals surface area contributed by atoms with E-state index in [-0.39, 0.29) is 5.82 Å². The van der Waals surface area contributed by atoms with E-state index in [2.05, 4.69) is 0 Å². The third-order valence-corrected chi connectivity index (χ3v) is 2.52. The van der Waals surface area contributed by atoms with E-state index < -0.39 is 6.04 Å². The molecule has 1 unspecified atom stereocenters. The van der Waals surface area contributed by atoms with Crippen molar-refractivity contribution in [2.24, 2.45) is 5.73 Å². The molecule has 0 saturated carbocycles. The van der Waals surface area contributed by atoms with E-state index >= 15 is 0 Å². The first kappa shape index (κ1) is 10.6. The minimum absolute atomic E-state index is 0.364. The molecule has 0 spiro atoms. The van der Waals surface area contributed by atoms with Gasteiger partial charge in [-0.1, -0.05) is 36.4 Å². The molecule has 0 aromatic heterocycles. The van der Waals surface area contributed by atoms with Crippen molar-refractivity contribution in [3.05, 3.63) is 65.5 Å². The summed E-state index contributed by atoms with van der Waals surface area (Å²) in [5.41, 5.74) is 13.2. The van der Waals surface area contributed by atoms with Gasteiger partial charge in [-0.25, -0.2) is 4.39 Å². The van der Waals surface area contributed by atoms with E-state index in [0.29, 0.717) is 11.3 Å². The van der Waals surface area contributed by atoms with Crippen LogP contribution in [-0.4, -0.2) is 0 Å². The molecule has 3 heteroatoms. The molecule has 82 valence electrons. The van der Waals surface area contributed by atoms with Crippen molar-refractivity contribution in [3.8, 4) is 0 Å². The topological polar surface area (TPSA) is 52.0 Å². The van der Waals surface area contributed by atoms with Crippen LogP contribution in [0.5, 0.6) is 0 Å². The molecule has 0 aliphatic carbocycles. The van der Waals surface area contributed by atoms with Crippen molar-refractivity contribution >= 4 is 5.69 Å². The predicted octanol–water partition coefficient (Wildman–Crippen LogP) is 2.46. The number of hydrogen-bond donors (Lipinski definition) is 2. The molecule has 1 atom stereocenters. The van der Waals surface area contributed by atoms with Gasteiger partial charge in [-0.3, -0.25) is 0 Å². The minimum atomic E-state index is -0.457. The Morgan fingerprint density at radius 3 is 2.31 bits per heavy atom. The van der Waals surface area contributed by atoms with Gasteiger partial charge in [-0.15, -0.1) is 0 Å². The molecule has 0 radical (unpaired) electrons. The van der Waals surface area contributed by atoms with Crippen LogP contribution in [0.1, 0.15) is 17.2 Å². The van der Waals surface area contributed by atoms with Crippen molar-refractivity contribution in [1.82, 2.24) is 0 Å². The Kier molecular flexibility index (Phi) is 2.88. The van der Waals surface area contributed by atoms with Crippen molar-refractivity contribution in [2.45, 2.75) is 6.04 Å². The van der Waals surface area contributed by atoms with Crippen LogP contribution >= 0.6 is 0 Å². The second-order valence-corrected chi connectivity index (χ2v) is 3.67. The molecule has 0 aliphatic rings. The van der Waals surface area contributed by atoms with Crippen LogP contribution in [0, 0.1) is 5.82 Å². The lowest BCUT2D eigenvalue weighted by Crippen LogP contribution is -2.13. The number of nitrogen functional groups attached to an aromatic ring is 1. The zero-order valence-corrected chi connectivity index (χ0v) is 8.73. The summed E-state index contributed by atoms with van der Waals surface area (Å²) in [4.78, 5) is 0. The standard InChI is InChI=1S/C13H13FN2/c14-12-8-10(15)6-7-11(12)13(16)9-4-2-1-3-5-9/h1-8,13H,15-16H2. The maximum absolute atomic E-state index is 13.6. The molecule has 2 nitrogen and oxygen atoms in total. The van der Waals surface area contributed by atoms with Crippen molar-refractivity contribution < 1.29 is 4.39 Å². The molecule has 2 rings (SSSR count). The van der Waals surface area contributed by atoms with Crippen LogP contribution in [0.15, 0.2) is 48.5 Å². The van der Waals surface area contributed by atoms with Crippen molar-refractivity contribution in [3.63, 3.8) is 0 Å². The fourth-order valence-electron chi connectivity index (χ4n) is 1.64. The Morgan fingerprint density at radius 1 is 1.00 bits per heavy atom. The zero-order valence-electron chi connectivity index (χ0n) is 8.73. The molecule has 16 heavy (non-hydrogen) atoms. The number of benzene rings is 2. The summed E-state index contributed by atoms with van der Waals surface area (Å²) >= 11 is 0. The van der Waals surface area contributed by atoms with Gasteiger partial charge in [0.15, 0.2) is 0 Å². The largest absolute Gasteiger partial charge is 0.399 e. The van der Waals surface area contributed by atoms with Crippen LogP contribution in [-0.2, 0) is 0 Å². The van der Waals surface area contributed by atoms with Gasteiger partial charge >= 0.3 is 0 Å². The second-order valence-electron chi connectivity index (χ2n) is 3.67. The van der Waals surface area contributed by atoms with Crippen LogP contribution in [0.2, 0.25) is 0 Å². The van der Waals surface area contributed by atoms with Gasteiger partial charge in [0.1, 0.15) is 5.82 Å². The smallest absolute Gasteiger partial charge is 0.130 e. The molecule has 0 bridgehead atoms. The monoisotopic (exact) mass is 216 g/mol. The summed E-state index contributed by atoms with van der Waals surface area (Å²) in [6, 6.07) is 13.5. The Hall–Kier alpha value is -1.87. The number of nitrogens with two attached hydrogens (primary N) is 2. The number of hydrogen-bond acceptors (Lipinski definition) is 2. The highest BCUT2D eigenvalue weighted by Gasteiger charge is 2.12. The first-order valence-corrected chi connectivity index (χ1v) is 5.04. The van der Waals surface area contributed by atoms with Crippen LogP contribution in [0.25, 0.3) is 0 Å². The van der Waals surface area contributed by atoms with Gasteiger partial charge in [-0.05, 0) is 17.7 Å². The minimum Gasteiger partial charge on any atom is -0.399 e.